The summed E-state index contributed by atoms with van der Waals surface area (Å²) in [6, 6.07) is 20.8. The lowest BCUT2D eigenvalue weighted by Crippen LogP contribution is -2.09. The minimum atomic E-state index is -0.243. The molecular weight excluding hydrogens is 315 g/mol. The van der Waals surface area contributed by atoms with Gasteiger partial charge in [-0.05, 0) is 42.3 Å². The van der Waals surface area contributed by atoms with Crippen LogP contribution in [0, 0.1) is 5.82 Å². The molecule has 3 aromatic carbocycles. The summed E-state index contributed by atoms with van der Waals surface area (Å²) in [5.41, 5.74) is 9.58. The first-order valence-electron chi connectivity index (χ1n) is 8.11. The Labute approximate surface area is 146 Å². The highest BCUT2D eigenvalue weighted by atomic mass is 19.1. The third-order valence-corrected chi connectivity index (χ3v) is 3.99. The van der Waals surface area contributed by atoms with E-state index in [9.17, 15) is 9.18 Å². The first-order chi connectivity index (χ1) is 12.1. The lowest BCUT2D eigenvalue weighted by Gasteiger charge is -2.11. The van der Waals surface area contributed by atoms with Crippen molar-refractivity contribution >= 4 is 17.2 Å². The van der Waals surface area contributed by atoms with Gasteiger partial charge in [0, 0.05) is 17.7 Å². The van der Waals surface area contributed by atoms with E-state index in [2.05, 4.69) is 5.32 Å². The topological polar surface area (TPSA) is 55.1 Å². The van der Waals surface area contributed by atoms with Gasteiger partial charge >= 0.3 is 0 Å². The van der Waals surface area contributed by atoms with Crippen LogP contribution in [-0.2, 0) is 6.42 Å². The largest absolute Gasteiger partial charge is 0.397 e. The molecule has 3 rings (SSSR count). The Morgan fingerprint density at radius 3 is 2.36 bits per heavy atom. The van der Waals surface area contributed by atoms with E-state index in [1.165, 1.54) is 12.1 Å². The molecule has 126 valence electrons. The number of benzene rings is 3. The van der Waals surface area contributed by atoms with Crippen molar-refractivity contribution in [3.8, 4) is 0 Å². The third-order valence-electron chi connectivity index (χ3n) is 3.99. The minimum Gasteiger partial charge on any atom is -0.397 e. The van der Waals surface area contributed by atoms with Crippen LogP contribution in [0.5, 0.6) is 0 Å². The van der Waals surface area contributed by atoms with Gasteiger partial charge in [0.05, 0.1) is 11.4 Å². The van der Waals surface area contributed by atoms with Gasteiger partial charge in [-0.1, -0.05) is 42.5 Å². The predicted octanol–water partition coefficient (Wildman–Crippen LogP) is 4.29. The van der Waals surface area contributed by atoms with E-state index in [-0.39, 0.29) is 11.6 Å². The van der Waals surface area contributed by atoms with E-state index in [4.69, 9.17) is 5.73 Å². The van der Waals surface area contributed by atoms with Crippen LogP contribution in [0.4, 0.5) is 15.8 Å². The normalized spacial score (nSPS) is 10.4. The molecule has 0 spiro atoms. The fourth-order valence-corrected chi connectivity index (χ4v) is 2.60. The Morgan fingerprint density at radius 2 is 1.64 bits per heavy atom. The number of anilines is 2. The number of hydrogen-bond acceptors (Lipinski definition) is 3. The van der Waals surface area contributed by atoms with Gasteiger partial charge in [0.2, 0.25) is 0 Å². The predicted molar refractivity (Wildman–Crippen MR) is 99.3 cm³/mol. The van der Waals surface area contributed by atoms with Crippen molar-refractivity contribution in [1.82, 2.24) is 0 Å². The monoisotopic (exact) mass is 334 g/mol. The molecule has 0 aromatic heterocycles. The molecule has 0 bridgehead atoms. The number of nitrogen functional groups attached to an aromatic ring is 1. The first-order valence-corrected chi connectivity index (χ1v) is 8.11. The van der Waals surface area contributed by atoms with Crippen molar-refractivity contribution in [3.05, 3.63) is 95.3 Å². The Bertz CT molecular complexity index is 861. The summed E-state index contributed by atoms with van der Waals surface area (Å²) in [7, 11) is 0. The van der Waals surface area contributed by atoms with Gasteiger partial charge in [-0.15, -0.1) is 0 Å². The molecule has 0 aliphatic heterocycles. The zero-order valence-corrected chi connectivity index (χ0v) is 13.7. The second-order valence-corrected chi connectivity index (χ2v) is 5.80. The molecule has 0 saturated carbocycles. The number of carbonyl (C=O) groups is 1. The average molecular weight is 334 g/mol. The fourth-order valence-electron chi connectivity index (χ4n) is 2.60. The summed E-state index contributed by atoms with van der Waals surface area (Å²) < 4.78 is 12.9. The SMILES string of the molecule is Nc1ccc(C(=O)c2ccccc2)cc1NCCc1ccc(F)cc1. The number of halogens is 1. The van der Waals surface area contributed by atoms with Gasteiger partial charge < -0.3 is 11.1 Å². The molecule has 0 aliphatic carbocycles. The zero-order valence-electron chi connectivity index (χ0n) is 13.7. The summed E-state index contributed by atoms with van der Waals surface area (Å²) in [5.74, 6) is -0.282. The summed E-state index contributed by atoms with van der Waals surface area (Å²) in [4.78, 5) is 12.5. The Kier molecular flexibility index (Phi) is 5.09. The molecule has 3 nitrogen and oxygen atoms in total. The lowest BCUT2D eigenvalue weighted by molar-refractivity contribution is 0.103. The van der Waals surface area contributed by atoms with E-state index in [1.54, 1.807) is 42.5 Å². The van der Waals surface area contributed by atoms with Crippen molar-refractivity contribution in [2.45, 2.75) is 6.42 Å². The smallest absolute Gasteiger partial charge is 0.193 e. The van der Waals surface area contributed by atoms with Crippen molar-refractivity contribution in [2.24, 2.45) is 0 Å². The Hall–Kier alpha value is -3.14. The van der Waals surface area contributed by atoms with Crippen LogP contribution in [0.2, 0.25) is 0 Å². The standard InChI is InChI=1S/C21H19FN2O/c22-18-9-6-15(7-10-18)12-13-24-20-14-17(8-11-19(20)23)21(25)16-4-2-1-3-5-16/h1-11,14,24H,12-13,23H2. The Balaban J connectivity index is 1.69. The molecule has 3 aromatic rings. The van der Waals surface area contributed by atoms with Crippen LogP contribution < -0.4 is 11.1 Å². The summed E-state index contributed by atoms with van der Waals surface area (Å²) in [6.45, 7) is 0.638. The van der Waals surface area contributed by atoms with Gasteiger partial charge in [-0.3, -0.25) is 4.79 Å². The molecule has 0 aliphatic rings. The fraction of sp³-hybridized carbons (Fsp3) is 0.0952. The molecule has 0 fully saturated rings. The number of ketones is 1. The maximum absolute atomic E-state index is 12.9. The zero-order chi connectivity index (χ0) is 17.6. The van der Waals surface area contributed by atoms with Crippen LogP contribution >= 0.6 is 0 Å². The summed E-state index contributed by atoms with van der Waals surface area (Å²) >= 11 is 0. The third kappa shape index (κ3) is 4.23. The molecule has 0 unspecified atom stereocenters. The lowest BCUT2D eigenvalue weighted by atomic mass is 10.0. The highest BCUT2D eigenvalue weighted by Crippen LogP contribution is 2.22. The van der Waals surface area contributed by atoms with Crippen LogP contribution in [0.25, 0.3) is 0 Å². The quantitative estimate of drug-likeness (QED) is 0.522. The summed E-state index contributed by atoms with van der Waals surface area (Å²) in [5, 5.41) is 3.25. The second kappa shape index (κ2) is 7.62. The van der Waals surface area contributed by atoms with Gasteiger partial charge in [-0.25, -0.2) is 4.39 Å². The summed E-state index contributed by atoms with van der Waals surface area (Å²) in [6.07, 6.45) is 0.733. The highest BCUT2D eigenvalue weighted by molar-refractivity contribution is 6.09. The van der Waals surface area contributed by atoms with Crippen molar-refractivity contribution < 1.29 is 9.18 Å². The van der Waals surface area contributed by atoms with Crippen LogP contribution in [0.15, 0.2) is 72.8 Å². The van der Waals surface area contributed by atoms with Crippen molar-refractivity contribution in [1.29, 1.82) is 0 Å². The molecule has 0 saturated heterocycles. The maximum atomic E-state index is 12.9. The van der Waals surface area contributed by atoms with Gasteiger partial charge in [0.1, 0.15) is 5.82 Å². The second-order valence-electron chi connectivity index (χ2n) is 5.80. The molecule has 0 atom stereocenters. The molecule has 4 heteroatoms. The molecule has 3 N–H and O–H groups in total. The number of nitrogens with one attached hydrogen (secondary N) is 1. The number of rotatable bonds is 6. The Morgan fingerprint density at radius 1 is 0.920 bits per heavy atom. The van der Waals surface area contributed by atoms with Gasteiger partial charge in [-0.2, -0.15) is 0 Å². The average Bonchev–Trinajstić information content (AvgIpc) is 2.65. The van der Waals surface area contributed by atoms with Crippen molar-refractivity contribution in [3.63, 3.8) is 0 Å². The molecule has 0 amide bonds. The maximum Gasteiger partial charge on any atom is 0.193 e. The number of hydrogen-bond donors (Lipinski definition) is 2. The molecule has 0 radical (unpaired) electrons. The first kappa shape index (κ1) is 16.7. The molecule has 25 heavy (non-hydrogen) atoms. The van der Waals surface area contributed by atoms with Crippen LogP contribution in [0.1, 0.15) is 21.5 Å². The van der Waals surface area contributed by atoms with E-state index in [0.29, 0.717) is 23.4 Å². The van der Waals surface area contributed by atoms with Crippen molar-refractivity contribution in [2.75, 3.05) is 17.6 Å². The van der Waals surface area contributed by atoms with Gasteiger partial charge in [0.15, 0.2) is 5.78 Å². The number of carbonyl (C=O) groups excluding carboxylic acids is 1. The van der Waals surface area contributed by atoms with E-state index >= 15 is 0 Å². The number of nitrogens with two attached hydrogens (primary N) is 1. The van der Waals surface area contributed by atoms with E-state index < -0.39 is 0 Å². The van der Waals surface area contributed by atoms with Gasteiger partial charge in [0.25, 0.3) is 0 Å². The molecular formula is C21H19FN2O. The van der Waals surface area contributed by atoms with Crippen LogP contribution in [0.3, 0.4) is 0 Å². The van der Waals surface area contributed by atoms with Crippen LogP contribution in [-0.4, -0.2) is 12.3 Å². The van der Waals surface area contributed by atoms with E-state index in [1.807, 2.05) is 18.2 Å². The highest BCUT2D eigenvalue weighted by Gasteiger charge is 2.10. The van der Waals surface area contributed by atoms with E-state index in [0.717, 1.165) is 17.7 Å². The molecule has 0 heterocycles. The minimum absolute atomic E-state index is 0.0396.